The Morgan fingerprint density at radius 1 is 1.19 bits per heavy atom. The summed E-state index contributed by atoms with van der Waals surface area (Å²) in [4.78, 5) is 23.0. The van der Waals surface area contributed by atoms with E-state index in [1.807, 2.05) is 24.6 Å². The average Bonchev–Trinajstić information content (AvgIpc) is 2.77. The number of carbonyl (C=O) groups is 2. The van der Waals surface area contributed by atoms with Crippen molar-refractivity contribution in [2.45, 2.75) is 33.8 Å². The summed E-state index contributed by atoms with van der Waals surface area (Å²) >= 11 is 0. The molecule has 5 nitrogen and oxygen atoms in total. The van der Waals surface area contributed by atoms with Crippen molar-refractivity contribution in [1.29, 1.82) is 0 Å². The first-order valence-electron chi connectivity index (χ1n) is 6.73. The van der Waals surface area contributed by atoms with E-state index in [2.05, 4.69) is 5.10 Å². The van der Waals surface area contributed by atoms with Crippen molar-refractivity contribution in [3.05, 3.63) is 47.3 Å². The van der Waals surface area contributed by atoms with Gasteiger partial charge in [0.1, 0.15) is 0 Å². The summed E-state index contributed by atoms with van der Waals surface area (Å²) in [5.74, 6) is -0.680. The maximum absolute atomic E-state index is 11.9. The summed E-state index contributed by atoms with van der Waals surface area (Å²) < 4.78 is 6.87. The zero-order chi connectivity index (χ0) is 15.6. The number of esters is 1. The Hall–Kier alpha value is -2.43. The van der Waals surface area contributed by atoms with Gasteiger partial charge in [0.25, 0.3) is 0 Å². The molecule has 110 valence electrons. The fourth-order valence-corrected chi connectivity index (χ4v) is 1.94. The fraction of sp³-hybridized carbons (Fsp3) is 0.312. The predicted octanol–water partition coefficient (Wildman–Crippen LogP) is 2.62. The van der Waals surface area contributed by atoms with Crippen LogP contribution in [0.3, 0.4) is 0 Å². The number of carbonyl (C=O) groups excluding carboxylic acids is 2. The number of aromatic nitrogens is 2. The van der Waals surface area contributed by atoms with E-state index >= 15 is 0 Å². The number of ether oxygens (including phenoxy) is 1. The van der Waals surface area contributed by atoms with Crippen LogP contribution in [0.5, 0.6) is 0 Å². The maximum atomic E-state index is 11.9. The molecule has 0 N–H and O–H groups in total. The normalized spacial score (nSPS) is 12.0. The minimum atomic E-state index is -0.729. The summed E-state index contributed by atoms with van der Waals surface area (Å²) in [6.07, 6.45) is -0.729. The van der Waals surface area contributed by atoms with Crippen molar-refractivity contribution in [3.63, 3.8) is 0 Å². The van der Waals surface area contributed by atoms with E-state index in [9.17, 15) is 9.59 Å². The highest BCUT2D eigenvalue weighted by atomic mass is 16.5. The van der Waals surface area contributed by atoms with Crippen molar-refractivity contribution in [2.75, 3.05) is 0 Å². The quantitative estimate of drug-likeness (QED) is 0.811. The molecule has 0 fully saturated rings. The fourth-order valence-electron chi connectivity index (χ4n) is 1.94. The third kappa shape index (κ3) is 3.37. The van der Waals surface area contributed by atoms with Gasteiger partial charge in [-0.3, -0.25) is 4.79 Å². The molecule has 0 amide bonds. The van der Waals surface area contributed by atoms with Gasteiger partial charge in [0.2, 0.25) is 0 Å². The molecule has 0 spiro atoms. The smallest absolute Gasteiger partial charge is 0.338 e. The van der Waals surface area contributed by atoms with Crippen molar-refractivity contribution >= 4 is 11.8 Å². The van der Waals surface area contributed by atoms with Gasteiger partial charge in [-0.1, -0.05) is 0 Å². The lowest BCUT2D eigenvalue weighted by atomic mass is 10.2. The molecule has 0 saturated carbocycles. The number of nitrogens with zero attached hydrogens (tertiary/aromatic N) is 2. The topological polar surface area (TPSA) is 61.2 Å². The first kappa shape index (κ1) is 15.0. The van der Waals surface area contributed by atoms with Crippen LogP contribution in [0.15, 0.2) is 30.3 Å². The molecule has 0 bridgehead atoms. The molecule has 0 aliphatic carbocycles. The average molecular weight is 286 g/mol. The molecule has 0 unspecified atom stereocenters. The van der Waals surface area contributed by atoms with Crippen LogP contribution >= 0.6 is 0 Å². The van der Waals surface area contributed by atoms with Gasteiger partial charge in [-0.05, 0) is 58.0 Å². The van der Waals surface area contributed by atoms with Gasteiger partial charge in [0, 0.05) is 5.69 Å². The van der Waals surface area contributed by atoms with Crippen molar-refractivity contribution in [2.24, 2.45) is 0 Å². The monoisotopic (exact) mass is 286 g/mol. The van der Waals surface area contributed by atoms with E-state index in [1.165, 1.54) is 6.92 Å². The first-order valence-corrected chi connectivity index (χ1v) is 6.73. The van der Waals surface area contributed by atoms with Crippen LogP contribution in [0.2, 0.25) is 0 Å². The lowest BCUT2D eigenvalue weighted by Gasteiger charge is -2.10. The molecule has 1 atom stereocenters. The number of ketones is 1. The minimum Gasteiger partial charge on any atom is -0.451 e. The molecule has 1 aromatic heterocycles. The minimum absolute atomic E-state index is 0.178. The van der Waals surface area contributed by atoms with E-state index in [0.29, 0.717) is 5.56 Å². The Bertz CT molecular complexity index is 671. The van der Waals surface area contributed by atoms with Crippen molar-refractivity contribution < 1.29 is 14.3 Å². The largest absolute Gasteiger partial charge is 0.451 e. The molecule has 1 aromatic carbocycles. The lowest BCUT2D eigenvalue weighted by molar-refractivity contribution is -0.124. The molecule has 21 heavy (non-hydrogen) atoms. The Labute approximate surface area is 123 Å². The van der Waals surface area contributed by atoms with Gasteiger partial charge in [0.05, 0.1) is 16.9 Å². The molecule has 2 rings (SSSR count). The zero-order valence-electron chi connectivity index (χ0n) is 12.6. The Kier molecular flexibility index (Phi) is 4.21. The highest BCUT2D eigenvalue weighted by molar-refractivity contribution is 5.92. The van der Waals surface area contributed by atoms with Crippen LogP contribution in [0, 0.1) is 13.8 Å². The van der Waals surface area contributed by atoms with Crippen molar-refractivity contribution in [3.8, 4) is 5.69 Å². The van der Waals surface area contributed by atoms with E-state index in [-0.39, 0.29) is 5.78 Å². The molecular weight excluding hydrogens is 268 g/mol. The maximum Gasteiger partial charge on any atom is 0.338 e. The van der Waals surface area contributed by atoms with Crippen LogP contribution in [0.4, 0.5) is 0 Å². The van der Waals surface area contributed by atoms with Crippen LogP contribution in [0.1, 0.15) is 35.6 Å². The summed E-state index contributed by atoms with van der Waals surface area (Å²) in [6.45, 7) is 6.85. The number of Topliss-reactive ketones (excluding diaryl/α,β-unsaturated/α-hetero) is 1. The Balaban J connectivity index is 2.17. The predicted molar refractivity (Wildman–Crippen MR) is 78.6 cm³/mol. The molecule has 0 saturated heterocycles. The third-order valence-corrected chi connectivity index (χ3v) is 3.21. The standard InChI is InChI=1S/C16H18N2O3/c1-10-9-11(2)18(17-10)15-7-5-14(6-8-15)16(20)21-13(4)12(3)19/h5-9,13H,1-4H3/t13-/m0/s1. The second-order valence-corrected chi connectivity index (χ2v) is 5.04. The number of hydrogen-bond donors (Lipinski definition) is 0. The second kappa shape index (κ2) is 5.91. The molecule has 0 aliphatic rings. The van der Waals surface area contributed by atoms with Crippen LogP contribution in [0.25, 0.3) is 5.69 Å². The Morgan fingerprint density at radius 3 is 2.29 bits per heavy atom. The zero-order valence-corrected chi connectivity index (χ0v) is 12.6. The van der Waals surface area contributed by atoms with E-state index in [1.54, 1.807) is 31.2 Å². The van der Waals surface area contributed by atoms with Crippen LogP contribution in [-0.2, 0) is 9.53 Å². The summed E-state index contributed by atoms with van der Waals surface area (Å²) in [6, 6.07) is 8.92. The molecule has 0 aliphatic heterocycles. The van der Waals surface area contributed by atoms with Crippen LogP contribution < -0.4 is 0 Å². The molecule has 5 heteroatoms. The van der Waals surface area contributed by atoms with Gasteiger partial charge in [-0.15, -0.1) is 0 Å². The lowest BCUT2D eigenvalue weighted by Crippen LogP contribution is -2.21. The van der Waals surface area contributed by atoms with E-state index < -0.39 is 12.1 Å². The second-order valence-electron chi connectivity index (χ2n) is 5.04. The summed E-state index contributed by atoms with van der Waals surface area (Å²) in [5, 5.41) is 4.38. The van der Waals surface area contributed by atoms with Gasteiger partial charge in [-0.25, -0.2) is 9.48 Å². The highest BCUT2D eigenvalue weighted by Gasteiger charge is 2.15. The number of aryl methyl sites for hydroxylation is 2. The van der Waals surface area contributed by atoms with Gasteiger partial charge < -0.3 is 4.74 Å². The van der Waals surface area contributed by atoms with E-state index in [4.69, 9.17) is 4.74 Å². The van der Waals surface area contributed by atoms with Crippen LogP contribution in [-0.4, -0.2) is 27.6 Å². The summed E-state index contributed by atoms with van der Waals surface area (Å²) in [7, 11) is 0. The molecule has 2 aromatic rings. The highest BCUT2D eigenvalue weighted by Crippen LogP contribution is 2.14. The SMILES string of the molecule is CC(=O)[C@H](C)OC(=O)c1ccc(-n2nc(C)cc2C)cc1. The number of rotatable bonds is 4. The van der Waals surface area contributed by atoms with Crippen molar-refractivity contribution in [1.82, 2.24) is 9.78 Å². The molecular formula is C16H18N2O3. The number of hydrogen-bond acceptors (Lipinski definition) is 4. The van der Waals surface area contributed by atoms with Gasteiger partial charge in [0.15, 0.2) is 11.9 Å². The third-order valence-electron chi connectivity index (χ3n) is 3.21. The Morgan fingerprint density at radius 2 is 1.81 bits per heavy atom. The van der Waals surface area contributed by atoms with Gasteiger partial charge in [-0.2, -0.15) is 5.10 Å². The van der Waals surface area contributed by atoms with Gasteiger partial charge >= 0.3 is 5.97 Å². The molecule has 0 radical (unpaired) electrons. The van der Waals surface area contributed by atoms with E-state index in [0.717, 1.165) is 17.1 Å². The summed E-state index contributed by atoms with van der Waals surface area (Å²) in [5.41, 5.74) is 3.24. The number of benzene rings is 1. The first-order chi connectivity index (χ1) is 9.88. The molecule has 1 heterocycles.